The summed E-state index contributed by atoms with van der Waals surface area (Å²) >= 11 is 0. The van der Waals surface area contributed by atoms with E-state index in [1.165, 1.54) is 0 Å². The molecule has 224 valence electrons. The molecule has 1 atom stereocenters. The fraction of sp³-hybridized carbons (Fsp3) is 0.185. The molecule has 3 rings (SSSR count). The first kappa shape index (κ1) is 33.3. The Morgan fingerprint density at radius 2 is 1.48 bits per heavy atom. The minimum Gasteiger partial charge on any atom is -0.475 e. The minimum absolute atomic E-state index is 0.0683. The topological polar surface area (TPSA) is 192 Å². The van der Waals surface area contributed by atoms with Gasteiger partial charge in [-0.15, -0.1) is 0 Å². The van der Waals surface area contributed by atoms with Gasteiger partial charge in [0, 0.05) is 16.9 Å². The number of nitrogens with two attached hydrogens (primary N) is 1. The number of anilines is 2. The van der Waals surface area contributed by atoms with Crippen LogP contribution in [0.15, 0.2) is 72.8 Å². The predicted octanol–water partition coefficient (Wildman–Crippen LogP) is 3.85. The molecule has 2 amide bonds. The first-order valence-electron chi connectivity index (χ1n) is 12.0. The molecule has 0 spiro atoms. The summed E-state index contributed by atoms with van der Waals surface area (Å²) in [6, 6.07) is 20.7. The zero-order valence-corrected chi connectivity index (χ0v) is 23.1. The summed E-state index contributed by atoms with van der Waals surface area (Å²) in [6.07, 6.45) is -4.33. The number of carbonyl (C=O) groups excluding carboxylic acids is 2. The Kier molecular flexibility index (Phi) is 11.2. The van der Waals surface area contributed by atoms with Crippen molar-refractivity contribution in [3.8, 4) is 11.1 Å². The third kappa shape index (κ3) is 11.3. The number of rotatable bonds is 9. The van der Waals surface area contributed by atoms with Gasteiger partial charge in [-0.05, 0) is 66.1 Å². The number of nitrogen functional groups attached to an aromatic ring is 1. The SMILES string of the molecule is CC(NC(=O)CC(=O)Nc1ccc(C(=N)N)cc1)c1cccc(-c2ccc(NS(C)(=O)=O)cc2)c1.O=C(O)C(F)(F)F. The van der Waals surface area contributed by atoms with E-state index >= 15 is 0 Å². The molecule has 0 fully saturated rings. The molecule has 0 aliphatic carbocycles. The molecule has 15 heteroatoms. The monoisotopic (exact) mass is 607 g/mol. The summed E-state index contributed by atoms with van der Waals surface area (Å²) in [6.45, 7) is 1.83. The standard InChI is InChI=1S/C25H27N5O4S.C2HF3O2/c1-16(28-23(31)15-24(32)29-21-10-8-18(9-11-21)25(26)27)19-4-3-5-20(14-19)17-6-12-22(13-7-17)30-35(2,33)34;3-2(4,5)1(6)7/h3-14,16,30H,15H2,1-2H3,(H3,26,27)(H,28,31)(H,29,32);(H,6,7). The van der Waals surface area contributed by atoms with E-state index < -0.39 is 34.0 Å². The van der Waals surface area contributed by atoms with E-state index in [4.69, 9.17) is 21.0 Å². The number of sulfonamides is 1. The van der Waals surface area contributed by atoms with Crippen LogP contribution in [0.1, 0.15) is 30.5 Å². The van der Waals surface area contributed by atoms with Crippen molar-refractivity contribution in [2.75, 3.05) is 16.3 Å². The summed E-state index contributed by atoms with van der Waals surface area (Å²) < 4.78 is 56.9. The number of aliphatic carboxylic acids is 1. The molecule has 3 aromatic rings. The van der Waals surface area contributed by atoms with E-state index in [0.717, 1.165) is 22.9 Å². The number of amidine groups is 1. The summed E-state index contributed by atoms with van der Waals surface area (Å²) in [5, 5.41) is 20.0. The maximum absolute atomic E-state index is 12.4. The van der Waals surface area contributed by atoms with Crippen LogP contribution >= 0.6 is 0 Å². The molecule has 0 bridgehead atoms. The lowest BCUT2D eigenvalue weighted by atomic mass is 10.00. The highest BCUT2D eigenvalue weighted by molar-refractivity contribution is 7.92. The number of hydrogen-bond donors (Lipinski definition) is 6. The number of carbonyl (C=O) groups is 3. The molecule has 0 aromatic heterocycles. The van der Waals surface area contributed by atoms with Gasteiger partial charge in [0.25, 0.3) is 0 Å². The second kappa shape index (κ2) is 14.1. The van der Waals surface area contributed by atoms with Gasteiger partial charge in [-0.3, -0.25) is 19.7 Å². The van der Waals surface area contributed by atoms with E-state index in [1.807, 2.05) is 43.3 Å². The van der Waals surface area contributed by atoms with Gasteiger partial charge >= 0.3 is 12.1 Å². The molecule has 1 unspecified atom stereocenters. The van der Waals surface area contributed by atoms with Gasteiger partial charge in [-0.25, -0.2) is 13.2 Å². The Balaban J connectivity index is 0.000000782. The number of benzene rings is 3. The van der Waals surface area contributed by atoms with Crippen LogP contribution in [-0.2, 0) is 24.4 Å². The number of carboxylic acid groups (broad SMARTS) is 1. The third-order valence-corrected chi connectivity index (χ3v) is 5.94. The normalized spacial score (nSPS) is 11.7. The van der Waals surface area contributed by atoms with Crippen LogP contribution in [-0.4, -0.2) is 49.6 Å². The molecule has 11 nitrogen and oxygen atoms in total. The smallest absolute Gasteiger partial charge is 0.475 e. The first-order chi connectivity index (χ1) is 19.4. The summed E-state index contributed by atoms with van der Waals surface area (Å²) in [7, 11) is -3.35. The quantitative estimate of drug-likeness (QED) is 0.121. The van der Waals surface area contributed by atoms with Crippen molar-refractivity contribution in [3.05, 3.63) is 83.9 Å². The van der Waals surface area contributed by atoms with Crippen molar-refractivity contribution in [1.82, 2.24) is 5.32 Å². The lowest BCUT2D eigenvalue weighted by molar-refractivity contribution is -0.192. The van der Waals surface area contributed by atoms with E-state index in [9.17, 15) is 31.2 Å². The van der Waals surface area contributed by atoms with E-state index in [0.29, 0.717) is 16.9 Å². The molecule has 0 radical (unpaired) electrons. The highest BCUT2D eigenvalue weighted by atomic mass is 32.2. The van der Waals surface area contributed by atoms with Crippen LogP contribution in [0.25, 0.3) is 11.1 Å². The van der Waals surface area contributed by atoms with Crippen molar-refractivity contribution in [3.63, 3.8) is 0 Å². The first-order valence-corrected chi connectivity index (χ1v) is 13.9. The Bertz CT molecular complexity index is 1540. The zero-order chi connectivity index (χ0) is 31.7. The maximum atomic E-state index is 12.4. The Morgan fingerprint density at radius 3 is 1.98 bits per heavy atom. The van der Waals surface area contributed by atoms with Crippen molar-refractivity contribution in [1.29, 1.82) is 5.41 Å². The van der Waals surface area contributed by atoms with Crippen LogP contribution < -0.4 is 21.1 Å². The van der Waals surface area contributed by atoms with Gasteiger partial charge in [0.05, 0.1) is 12.3 Å². The second-order valence-corrected chi connectivity index (χ2v) is 10.6. The fourth-order valence-corrected chi connectivity index (χ4v) is 3.96. The lowest BCUT2D eigenvalue weighted by Gasteiger charge is -2.16. The average molecular weight is 608 g/mol. The molecule has 0 saturated carbocycles. The second-order valence-electron chi connectivity index (χ2n) is 8.89. The van der Waals surface area contributed by atoms with Crippen LogP contribution in [0.2, 0.25) is 0 Å². The number of hydrogen-bond acceptors (Lipinski definition) is 6. The van der Waals surface area contributed by atoms with Crippen molar-refractivity contribution in [2.45, 2.75) is 25.6 Å². The Hall–Kier alpha value is -4.92. The predicted molar refractivity (Wildman–Crippen MR) is 151 cm³/mol. The fourth-order valence-electron chi connectivity index (χ4n) is 3.39. The molecule has 0 aliphatic heterocycles. The van der Waals surface area contributed by atoms with E-state index in [2.05, 4.69) is 15.4 Å². The molecule has 0 heterocycles. The number of nitrogens with one attached hydrogen (secondary N) is 4. The Morgan fingerprint density at radius 1 is 0.929 bits per heavy atom. The number of alkyl halides is 3. The summed E-state index contributed by atoms with van der Waals surface area (Å²) in [5.74, 6) is -3.70. The molecular formula is C27H28F3N5O6S. The molecule has 0 aliphatic rings. The third-order valence-electron chi connectivity index (χ3n) is 5.33. The van der Waals surface area contributed by atoms with Gasteiger partial charge in [0.1, 0.15) is 12.3 Å². The van der Waals surface area contributed by atoms with Gasteiger partial charge < -0.3 is 21.5 Å². The highest BCUT2D eigenvalue weighted by Gasteiger charge is 2.38. The highest BCUT2D eigenvalue weighted by Crippen LogP contribution is 2.25. The molecular weight excluding hydrogens is 579 g/mol. The van der Waals surface area contributed by atoms with E-state index in [-0.39, 0.29) is 18.3 Å². The number of amides is 2. The maximum Gasteiger partial charge on any atom is 0.490 e. The summed E-state index contributed by atoms with van der Waals surface area (Å²) in [5.41, 5.74) is 9.58. The molecule has 42 heavy (non-hydrogen) atoms. The van der Waals surface area contributed by atoms with Crippen molar-refractivity contribution in [2.24, 2.45) is 5.73 Å². The van der Waals surface area contributed by atoms with E-state index in [1.54, 1.807) is 36.4 Å². The Labute approximate surface area is 239 Å². The molecule has 3 aromatic carbocycles. The van der Waals surface area contributed by atoms with Gasteiger partial charge in [0.2, 0.25) is 21.8 Å². The van der Waals surface area contributed by atoms with Crippen LogP contribution in [0.3, 0.4) is 0 Å². The summed E-state index contributed by atoms with van der Waals surface area (Å²) in [4.78, 5) is 33.5. The van der Waals surface area contributed by atoms with Gasteiger partial charge in [-0.1, -0.05) is 30.3 Å². The number of halogens is 3. The van der Waals surface area contributed by atoms with Crippen LogP contribution in [0.4, 0.5) is 24.5 Å². The van der Waals surface area contributed by atoms with Crippen LogP contribution in [0.5, 0.6) is 0 Å². The van der Waals surface area contributed by atoms with Gasteiger partial charge in [0.15, 0.2) is 0 Å². The molecule has 7 N–H and O–H groups in total. The minimum atomic E-state index is -5.08. The molecule has 0 saturated heterocycles. The lowest BCUT2D eigenvalue weighted by Crippen LogP contribution is -2.30. The zero-order valence-electron chi connectivity index (χ0n) is 22.3. The number of carboxylic acids is 1. The van der Waals surface area contributed by atoms with Crippen LogP contribution in [0, 0.1) is 5.41 Å². The van der Waals surface area contributed by atoms with Crippen molar-refractivity contribution < 1.29 is 41.1 Å². The average Bonchev–Trinajstić information content (AvgIpc) is 2.88. The van der Waals surface area contributed by atoms with Crippen molar-refractivity contribution >= 4 is 45.0 Å². The largest absolute Gasteiger partial charge is 0.490 e. The van der Waals surface area contributed by atoms with Gasteiger partial charge in [-0.2, -0.15) is 13.2 Å².